The number of hydrogen-bond donors (Lipinski definition) is 2. The first-order valence-electron chi connectivity index (χ1n) is 11.8. The zero-order chi connectivity index (χ0) is 24.7. The molecule has 0 unspecified atom stereocenters. The molecule has 0 saturated carbocycles. The van der Waals surface area contributed by atoms with Crippen molar-refractivity contribution in [1.82, 2.24) is 14.9 Å². The van der Waals surface area contributed by atoms with Gasteiger partial charge in [-0.1, -0.05) is 12.1 Å². The van der Waals surface area contributed by atoms with Gasteiger partial charge in [-0.15, -0.1) is 4.72 Å². The van der Waals surface area contributed by atoms with Crippen molar-refractivity contribution in [3.8, 4) is 0 Å². The zero-order valence-electron chi connectivity index (χ0n) is 19.8. The minimum absolute atomic E-state index is 0.141. The van der Waals surface area contributed by atoms with Crippen molar-refractivity contribution in [1.29, 1.82) is 0 Å². The van der Waals surface area contributed by atoms with Gasteiger partial charge in [-0.25, -0.2) is 9.18 Å². The smallest absolute Gasteiger partial charge is 0.331 e. The average molecular weight is 494 g/mol. The average Bonchev–Trinajstić information content (AvgIpc) is 3.13. The molecule has 2 aliphatic heterocycles. The zero-order valence-corrected chi connectivity index (χ0v) is 20.6. The van der Waals surface area contributed by atoms with Crippen molar-refractivity contribution < 1.29 is 28.1 Å². The van der Waals surface area contributed by atoms with E-state index in [9.17, 15) is 23.3 Å². The molecule has 0 radical (unpaired) electrons. The lowest BCUT2D eigenvalue weighted by atomic mass is 9.84. The van der Waals surface area contributed by atoms with Crippen LogP contribution < -0.4 is 10.0 Å². The van der Waals surface area contributed by atoms with Crippen molar-refractivity contribution in [3.05, 3.63) is 35.1 Å². The summed E-state index contributed by atoms with van der Waals surface area (Å²) in [7, 11) is 0. The van der Waals surface area contributed by atoms with Gasteiger partial charge in [0, 0.05) is 30.6 Å². The molecule has 34 heavy (non-hydrogen) atoms. The van der Waals surface area contributed by atoms with E-state index in [4.69, 9.17) is 4.74 Å². The van der Waals surface area contributed by atoms with Crippen LogP contribution in [0.5, 0.6) is 0 Å². The minimum atomic E-state index is -1.46. The predicted molar refractivity (Wildman–Crippen MR) is 124 cm³/mol. The van der Waals surface area contributed by atoms with Gasteiger partial charge in [0.2, 0.25) is 11.8 Å². The summed E-state index contributed by atoms with van der Waals surface area (Å²) in [5.74, 6) is -2.49. The van der Waals surface area contributed by atoms with Crippen LogP contribution in [0.3, 0.4) is 0 Å². The van der Waals surface area contributed by atoms with E-state index >= 15 is 0 Å². The molecule has 3 aliphatic rings. The van der Waals surface area contributed by atoms with E-state index in [-0.39, 0.29) is 18.3 Å². The van der Waals surface area contributed by atoms with Crippen LogP contribution in [-0.2, 0) is 37.6 Å². The molecule has 8 nitrogen and oxygen atoms in total. The second-order valence-corrected chi connectivity index (χ2v) is 12.2. The van der Waals surface area contributed by atoms with Crippen molar-refractivity contribution in [3.63, 3.8) is 0 Å². The van der Waals surface area contributed by atoms with E-state index in [1.807, 2.05) is 26.8 Å². The van der Waals surface area contributed by atoms with Crippen LogP contribution in [0.1, 0.15) is 64.0 Å². The highest BCUT2D eigenvalue weighted by Crippen LogP contribution is 2.43. The van der Waals surface area contributed by atoms with E-state index in [1.165, 1.54) is 11.0 Å². The molecular weight excluding hydrogens is 461 g/mol. The highest BCUT2D eigenvalue weighted by Gasteiger charge is 2.49. The number of fused-ring (bicyclic) bond motifs is 1. The Hall–Kier alpha value is -2.01. The quantitative estimate of drug-likeness (QED) is 0.466. The Morgan fingerprint density at radius 1 is 1.26 bits per heavy atom. The topological polar surface area (TPSA) is 111 Å². The Bertz CT molecular complexity index is 978. The fourth-order valence-electron chi connectivity index (χ4n) is 5.05. The van der Waals surface area contributed by atoms with E-state index in [0.717, 1.165) is 0 Å². The van der Waals surface area contributed by atoms with Gasteiger partial charge in [0.1, 0.15) is 16.5 Å². The maximum Gasteiger partial charge on any atom is 0.331 e. The lowest BCUT2D eigenvalue weighted by molar-refractivity contribution is -0.145. The third kappa shape index (κ3) is 4.73. The Labute approximate surface area is 202 Å². The van der Waals surface area contributed by atoms with Crippen LogP contribution in [0.2, 0.25) is 0 Å². The van der Waals surface area contributed by atoms with E-state index in [0.29, 0.717) is 56.4 Å². The molecule has 0 bridgehead atoms. The van der Waals surface area contributed by atoms with Gasteiger partial charge < -0.3 is 9.29 Å². The third-order valence-corrected chi connectivity index (χ3v) is 8.69. The fraction of sp³-hybridized carbons (Fsp3) is 0.625. The first-order chi connectivity index (χ1) is 16.0. The molecule has 1 aliphatic carbocycles. The summed E-state index contributed by atoms with van der Waals surface area (Å²) in [5.41, 5.74) is 0.437. The van der Waals surface area contributed by atoms with Crippen LogP contribution in [0, 0.1) is 11.7 Å². The maximum absolute atomic E-state index is 14.5. The number of halogens is 1. The highest BCUT2D eigenvalue weighted by molar-refractivity contribution is 7.90. The Morgan fingerprint density at radius 2 is 1.97 bits per heavy atom. The largest absolute Gasteiger partial charge is 0.598 e. The van der Waals surface area contributed by atoms with Gasteiger partial charge in [0.05, 0.1) is 5.54 Å². The van der Waals surface area contributed by atoms with Gasteiger partial charge >= 0.3 is 6.03 Å². The second-order valence-electron chi connectivity index (χ2n) is 10.3. The van der Waals surface area contributed by atoms with Crippen LogP contribution in [0.4, 0.5) is 9.18 Å². The van der Waals surface area contributed by atoms with Gasteiger partial charge in [0.15, 0.2) is 0 Å². The van der Waals surface area contributed by atoms with Gasteiger partial charge in [-0.05, 0) is 76.5 Å². The maximum atomic E-state index is 14.5. The van der Waals surface area contributed by atoms with Crippen molar-refractivity contribution in [2.75, 3.05) is 13.2 Å². The van der Waals surface area contributed by atoms with Crippen LogP contribution in [-0.4, -0.2) is 51.3 Å². The molecule has 10 heteroatoms. The number of amides is 4. The number of benzene rings is 1. The summed E-state index contributed by atoms with van der Waals surface area (Å²) < 4.78 is 35.7. The van der Waals surface area contributed by atoms with Crippen molar-refractivity contribution in [2.24, 2.45) is 5.92 Å². The highest BCUT2D eigenvalue weighted by atomic mass is 32.2. The molecular formula is C24H32FN3O5S. The van der Waals surface area contributed by atoms with Crippen molar-refractivity contribution in [2.45, 2.75) is 75.6 Å². The monoisotopic (exact) mass is 493 g/mol. The van der Waals surface area contributed by atoms with Crippen LogP contribution in [0.15, 0.2) is 18.2 Å². The molecule has 0 aromatic heterocycles. The van der Waals surface area contributed by atoms with Gasteiger partial charge in [-0.3, -0.25) is 19.8 Å². The number of barbiturate groups is 1. The Morgan fingerprint density at radius 3 is 2.65 bits per heavy atom. The summed E-state index contributed by atoms with van der Waals surface area (Å²) in [6.45, 7) is 6.45. The molecule has 0 spiro atoms. The van der Waals surface area contributed by atoms with Crippen LogP contribution >= 0.6 is 0 Å². The first kappa shape index (κ1) is 25.1. The molecule has 1 aromatic rings. The summed E-state index contributed by atoms with van der Waals surface area (Å²) in [6.07, 6.45) is 2.46. The number of carbonyl (C=O) groups excluding carboxylic acids is 3. The molecule has 4 rings (SSSR count). The second kappa shape index (κ2) is 9.56. The predicted octanol–water partition coefficient (Wildman–Crippen LogP) is 2.67. The number of carbonyl (C=O) groups is 3. The van der Waals surface area contributed by atoms with E-state index < -0.39 is 45.4 Å². The lowest BCUT2D eigenvalue weighted by Crippen LogP contribution is -2.62. The minimum Gasteiger partial charge on any atom is -0.598 e. The molecule has 1 aromatic carbocycles. The molecule has 2 fully saturated rings. The molecule has 3 atom stereocenters. The normalized spacial score (nSPS) is 27.0. The number of rotatable bonds is 6. The summed E-state index contributed by atoms with van der Waals surface area (Å²) >= 11 is -1.46. The third-order valence-electron chi connectivity index (χ3n) is 7.00. The summed E-state index contributed by atoms with van der Waals surface area (Å²) in [4.78, 5) is 39.6. The van der Waals surface area contributed by atoms with Gasteiger partial charge in [0.25, 0.3) is 0 Å². The summed E-state index contributed by atoms with van der Waals surface area (Å²) in [5, 5.41) is 2.33. The van der Waals surface area contributed by atoms with E-state index in [1.54, 1.807) is 6.07 Å². The first-order valence-corrected chi connectivity index (χ1v) is 12.9. The molecule has 2 heterocycles. The SMILES string of the molecule is CC(C)(C)[S@+]([O-])N[C@@]1(CC[C@H]2C(=O)NC(=O)N(C3CCOCC3)C2=O)CCc2c(F)cccc21. The Kier molecular flexibility index (Phi) is 7.06. The molecule has 186 valence electrons. The van der Waals surface area contributed by atoms with Crippen LogP contribution in [0.25, 0.3) is 0 Å². The Balaban J connectivity index is 1.59. The van der Waals surface area contributed by atoms with E-state index in [2.05, 4.69) is 10.0 Å². The molecule has 2 saturated heterocycles. The number of nitrogens with zero attached hydrogens (tertiary/aromatic N) is 1. The lowest BCUT2D eigenvalue weighted by Gasteiger charge is -2.39. The number of urea groups is 1. The molecule has 2 N–H and O–H groups in total. The van der Waals surface area contributed by atoms with Crippen molar-refractivity contribution >= 4 is 29.2 Å². The fourth-order valence-corrected chi connectivity index (χ4v) is 6.02. The number of imide groups is 2. The number of hydrogen-bond acceptors (Lipinski definition) is 6. The summed E-state index contributed by atoms with van der Waals surface area (Å²) in [6, 6.07) is 3.86. The number of ether oxygens (including phenoxy) is 1. The standard InChI is InChI=1S/C24H32FN3O5S/c1-23(2,3)34(32)27-24(11-7-16-18(24)5-4-6-19(16)25)12-8-17-20(29)26-22(31)28(21(17)30)15-9-13-33-14-10-15/h4-6,15,17,27H,7-14H2,1-3H3,(H,26,29,31)/t17-,24+,34-/m0/s1. The van der Waals surface area contributed by atoms with Gasteiger partial charge in [-0.2, -0.15) is 0 Å². The number of nitrogens with one attached hydrogen (secondary N) is 2. The molecule has 4 amide bonds.